The van der Waals surface area contributed by atoms with Crippen molar-refractivity contribution in [2.24, 2.45) is 0 Å². The summed E-state index contributed by atoms with van der Waals surface area (Å²) in [5.41, 5.74) is 2.45. The molecule has 1 fully saturated rings. The topological polar surface area (TPSA) is 38.8 Å². The molecular formula is C30H35NO3. The van der Waals surface area contributed by atoms with Crippen LogP contribution in [0.3, 0.4) is 0 Å². The van der Waals surface area contributed by atoms with Crippen LogP contribution in [0, 0.1) is 0 Å². The molecule has 4 heteroatoms. The Kier molecular flexibility index (Phi) is 6.97. The van der Waals surface area contributed by atoms with E-state index in [0.29, 0.717) is 5.92 Å². The van der Waals surface area contributed by atoms with Gasteiger partial charge in [0.15, 0.2) is 5.60 Å². The van der Waals surface area contributed by atoms with E-state index in [2.05, 4.69) is 55.5 Å². The fraction of sp³-hybridized carbons (Fsp3) is 0.367. The first-order valence-corrected chi connectivity index (χ1v) is 12.1. The molecule has 0 saturated carbocycles. The molecule has 1 aliphatic heterocycles. The van der Waals surface area contributed by atoms with Gasteiger partial charge in [0.2, 0.25) is 0 Å². The number of ether oxygens (including phenoxy) is 2. The third-order valence-electron chi connectivity index (χ3n) is 6.47. The first kappa shape index (κ1) is 23.9. The van der Waals surface area contributed by atoms with Crippen LogP contribution in [0.1, 0.15) is 63.1 Å². The average Bonchev–Trinajstić information content (AvgIpc) is 2.84. The van der Waals surface area contributed by atoms with Crippen molar-refractivity contribution in [3.63, 3.8) is 0 Å². The van der Waals surface area contributed by atoms with Crippen molar-refractivity contribution < 1.29 is 14.3 Å². The van der Waals surface area contributed by atoms with E-state index in [0.717, 1.165) is 42.8 Å². The fourth-order valence-electron chi connectivity index (χ4n) is 4.56. The van der Waals surface area contributed by atoms with E-state index in [4.69, 9.17) is 9.47 Å². The van der Waals surface area contributed by atoms with Gasteiger partial charge in [-0.15, -0.1) is 0 Å². The maximum Gasteiger partial charge on any atom is 0.410 e. The number of para-hydroxylation sites is 1. The zero-order chi connectivity index (χ0) is 24.2. The number of benzene rings is 3. The Balaban J connectivity index is 1.50. The first-order chi connectivity index (χ1) is 16.2. The van der Waals surface area contributed by atoms with E-state index in [-0.39, 0.29) is 6.09 Å². The SMILES string of the molecule is CC(C)(C)OC(=O)N1CCC(c2ccc(C(C)(Oc3ccccc3)c3ccccc3)cc2)CC1. The molecule has 178 valence electrons. The number of rotatable bonds is 5. The number of amides is 1. The smallest absolute Gasteiger partial charge is 0.410 e. The van der Waals surface area contributed by atoms with Crippen LogP contribution >= 0.6 is 0 Å². The molecule has 1 atom stereocenters. The molecule has 1 heterocycles. The number of piperidine rings is 1. The van der Waals surface area contributed by atoms with Crippen molar-refractivity contribution in [3.05, 3.63) is 102 Å². The van der Waals surface area contributed by atoms with E-state index in [1.54, 1.807) is 0 Å². The van der Waals surface area contributed by atoms with Crippen LogP contribution in [0.15, 0.2) is 84.9 Å². The lowest BCUT2D eigenvalue weighted by atomic mass is 9.84. The normalized spacial score (nSPS) is 16.5. The van der Waals surface area contributed by atoms with E-state index >= 15 is 0 Å². The summed E-state index contributed by atoms with van der Waals surface area (Å²) in [6.07, 6.45) is 1.67. The third kappa shape index (κ3) is 5.61. The lowest BCUT2D eigenvalue weighted by Gasteiger charge is -2.34. The Hall–Kier alpha value is -3.27. The fourth-order valence-corrected chi connectivity index (χ4v) is 4.56. The predicted molar refractivity (Wildman–Crippen MR) is 136 cm³/mol. The number of hydrogen-bond acceptors (Lipinski definition) is 3. The molecule has 1 aliphatic rings. The zero-order valence-electron chi connectivity index (χ0n) is 20.7. The van der Waals surface area contributed by atoms with Gasteiger partial charge in [-0.2, -0.15) is 0 Å². The largest absolute Gasteiger partial charge is 0.478 e. The Morgan fingerprint density at radius 2 is 1.29 bits per heavy atom. The Morgan fingerprint density at radius 3 is 1.85 bits per heavy atom. The predicted octanol–water partition coefficient (Wildman–Crippen LogP) is 7.14. The van der Waals surface area contributed by atoms with Gasteiger partial charge in [-0.05, 0) is 75.3 Å². The van der Waals surface area contributed by atoms with Crippen molar-refractivity contribution >= 4 is 6.09 Å². The van der Waals surface area contributed by atoms with Crippen LogP contribution in [0.2, 0.25) is 0 Å². The molecule has 34 heavy (non-hydrogen) atoms. The maximum absolute atomic E-state index is 12.4. The number of hydrogen-bond donors (Lipinski definition) is 0. The summed E-state index contributed by atoms with van der Waals surface area (Å²) < 4.78 is 12.1. The van der Waals surface area contributed by atoms with Gasteiger partial charge in [0, 0.05) is 13.1 Å². The monoisotopic (exact) mass is 457 g/mol. The summed E-state index contributed by atoms with van der Waals surface area (Å²) in [5, 5.41) is 0. The molecule has 1 saturated heterocycles. The van der Waals surface area contributed by atoms with Gasteiger partial charge in [0.05, 0.1) is 0 Å². The minimum atomic E-state index is -0.610. The third-order valence-corrected chi connectivity index (χ3v) is 6.47. The molecule has 4 nitrogen and oxygen atoms in total. The first-order valence-electron chi connectivity index (χ1n) is 12.1. The molecule has 0 N–H and O–H groups in total. The minimum absolute atomic E-state index is 0.210. The van der Waals surface area contributed by atoms with Gasteiger partial charge in [-0.1, -0.05) is 72.8 Å². The molecule has 3 aromatic carbocycles. The Morgan fingerprint density at radius 1 is 0.765 bits per heavy atom. The highest BCUT2D eigenvalue weighted by Crippen LogP contribution is 2.36. The molecular weight excluding hydrogens is 422 g/mol. The van der Waals surface area contributed by atoms with Gasteiger partial charge < -0.3 is 14.4 Å². The van der Waals surface area contributed by atoms with E-state index in [1.807, 2.05) is 62.1 Å². The van der Waals surface area contributed by atoms with Crippen LogP contribution in [-0.4, -0.2) is 29.7 Å². The quantitative estimate of drug-likeness (QED) is 0.409. The van der Waals surface area contributed by atoms with Crippen LogP contribution in [0.4, 0.5) is 4.79 Å². The van der Waals surface area contributed by atoms with E-state index in [9.17, 15) is 4.79 Å². The summed E-state index contributed by atoms with van der Waals surface area (Å²) in [7, 11) is 0. The molecule has 0 radical (unpaired) electrons. The van der Waals surface area contributed by atoms with Gasteiger partial charge in [-0.3, -0.25) is 0 Å². The molecule has 0 aliphatic carbocycles. The van der Waals surface area contributed by atoms with Crippen molar-refractivity contribution in [1.29, 1.82) is 0 Å². The molecule has 1 unspecified atom stereocenters. The number of carbonyl (C=O) groups is 1. The summed E-state index contributed by atoms with van der Waals surface area (Å²) in [4.78, 5) is 14.2. The second-order valence-electron chi connectivity index (χ2n) is 10.2. The van der Waals surface area contributed by atoms with Crippen LogP contribution in [0.5, 0.6) is 5.75 Å². The summed E-state index contributed by atoms with van der Waals surface area (Å²) in [6.45, 7) is 9.29. The molecule has 0 aromatic heterocycles. The van der Waals surface area contributed by atoms with Crippen molar-refractivity contribution in [3.8, 4) is 5.75 Å². The Labute approximate surface area is 203 Å². The highest BCUT2D eigenvalue weighted by Gasteiger charge is 2.32. The average molecular weight is 458 g/mol. The van der Waals surface area contributed by atoms with Gasteiger partial charge in [0.1, 0.15) is 11.4 Å². The molecule has 0 spiro atoms. The molecule has 3 aromatic rings. The summed E-state index contributed by atoms with van der Waals surface area (Å²) >= 11 is 0. The minimum Gasteiger partial charge on any atom is -0.478 e. The van der Waals surface area contributed by atoms with Crippen molar-refractivity contribution in [1.82, 2.24) is 4.90 Å². The number of carbonyl (C=O) groups excluding carboxylic acids is 1. The zero-order valence-corrected chi connectivity index (χ0v) is 20.7. The molecule has 0 bridgehead atoms. The summed E-state index contributed by atoms with van der Waals surface area (Å²) in [5.74, 6) is 1.28. The van der Waals surface area contributed by atoms with Gasteiger partial charge in [0.25, 0.3) is 0 Å². The van der Waals surface area contributed by atoms with Gasteiger partial charge in [-0.25, -0.2) is 4.79 Å². The number of likely N-dealkylation sites (tertiary alicyclic amines) is 1. The molecule has 4 rings (SSSR count). The summed E-state index contributed by atoms with van der Waals surface area (Å²) in [6, 6.07) is 29.1. The van der Waals surface area contributed by atoms with E-state index < -0.39 is 11.2 Å². The van der Waals surface area contributed by atoms with Crippen molar-refractivity contribution in [2.75, 3.05) is 13.1 Å². The highest BCUT2D eigenvalue weighted by atomic mass is 16.6. The standard InChI is InChI=1S/C30H35NO3/c1-29(2,3)34-28(32)31-21-19-24(20-22-31)23-15-17-26(18-16-23)30(4,25-11-7-5-8-12-25)33-27-13-9-6-10-14-27/h5-18,24H,19-22H2,1-4H3. The second-order valence-corrected chi connectivity index (χ2v) is 10.2. The lowest BCUT2D eigenvalue weighted by Crippen LogP contribution is -2.41. The maximum atomic E-state index is 12.4. The lowest BCUT2D eigenvalue weighted by molar-refractivity contribution is 0.0205. The van der Waals surface area contributed by atoms with E-state index in [1.165, 1.54) is 5.56 Å². The Bertz CT molecular complexity index is 1070. The van der Waals surface area contributed by atoms with Gasteiger partial charge >= 0.3 is 6.09 Å². The van der Waals surface area contributed by atoms with Crippen molar-refractivity contribution in [2.45, 2.75) is 57.7 Å². The second kappa shape index (κ2) is 9.92. The molecule has 1 amide bonds. The van der Waals surface area contributed by atoms with Crippen LogP contribution in [-0.2, 0) is 10.3 Å². The number of nitrogens with zero attached hydrogens (tertiary/aromatic N) is 1. The van der Waals surface area contributed by atoms with Crippen LogP contribution < -0.4 is 4.74 Å². The highest BCUT2D eigenvalue weighted by molar-refractivity contribution is 5.68. The van der Waals surface area contributed by atoms with Crippen LogP contribution in [0.25, 0.3) is 0 Å².